The molecule has 0 spiro atoms. The van der Waals surface area contributed by atoms with Gasteiger partial charge in [-0.15, -0.1) is 0 Å². The first kappa shape index (κ1) is 17.3. The lowest BCUT2D eigenvalue weighted by atomic mass is 9.89. The van der Waals surface area contributed by atoms with Gasteiger partial charge in [-0.2, -0.15) is 5.10 Å². The van der Waals surface area contributed by atoms with Gasteiger partial charge in [-0.25, -0.2) is 4.39 Å². The maximum atomic E-state index is 15.2. The molecule has 3 aliphatic rings. The Labute approximate surface area is 153 Å². The molecule has 4 rings (SSSR count). The lowest BCUT2D eigenvalue weighted by molar-refractivity contribution is 0.0909. The van der Waals surface area contributed by atoms with Crippen molar-refractivity contribution in [2.45, 2.75) is 44.4 Å². The van der Waals surface area contributed by atoms with Gasteiger partial charge in [0.25, 0.3) is 0 Å². The summed E-state index contributed by atoms with van der Waals surface area (Å²) in [6.45, 7) is 4.53. The van der Waals surface area contributed by atoms with E-state index in [1.165, 1.54) is 0 Å². The second-order valence-electron chi connectivity index (χ2n) is 7.45. The standard InChI is InChI=1S/C19H27FN6/c1-2-26-11-14(10-23-26)16-9-17-15(18(21)24-16)5-3-8-25(17)13-19(20)6-4-7-22-12-19/h3,8-11,15-16,22H,2,4-7,12-13H2,1H3,(H2,21,24)/t15?,16?,19-/m0/s1. The molecule has 7 heteroatoms. The largest absolute Gasteiger partial charge is 0.387 e. The molecule has 6 nitrogen and oxygen atoms in total. The van der Waals surface area contributed by atoms with Gasteiger partial charge in [0, 0.05) is 30.5 Å². The highest BCUT2D eigenvalue weighted by molar-refractivity contribution is 5.87. The molecule has 0 amide bonds. The fourth-order valence-electron chi connectivity index (χ4n) is 4.06. The highest BCUT2D eigenvalue weighted by Crippen LogP contribution is 2.36. The highest BCUT2D eigenvalue weighted by Gasteiger charge is 2.37. The number of alkyl halides is 1. The van der Waals surface area contributed by atoms with Gasteiger partial charge >= 0.3 is 0 Å². The van der Waals surface area contributed by atoms with Crippen molar-refractivity contribution in [2.75, 3.05) is 19.6 Å². The molecule has 140 valence electrons. The number of nitrogens with one attached hydrogen (secondary N) is 1. The number of nitrogens with two attached hydrogens (primary N) is 1. The van der Waals surface area contributed by atoms with Crippen LogP contribution in [0.5, 0.6) is 0 Å². The number of fused-ring (bicyclic) bond motifs is 1. The van der Waals surface area contributed by atoms with E-state index in [0.29, 0.717) is 25.3 Å². The van der Waals surface area contributed by atoms with Crippen molar-refractivity contribution in [3.63, 3.8) is 0 Å². The molecule has 4 heterocycles. The molecule has 1 fully saturated rings. The van der Waals surface area contributed by atoms with Gasteiger partial charge in [0.05, 0.1) is 18.7 Å². The van der Waals surface area contributed by atoms with Gasteiger partial charge in [0.15, 0.2) is 0 Å². The third-order valence-electron chi connectivity index (χ3n) is 5.51. The quantitative estimate of drug-likeness (QED) is 0.865. The fraction of sp³-hybridized carbons (Fsp3) is 0.579. The maximum absolute atomic E-state index is 15.2. The van der Waals surface area contributed by atoms with E-state index in [1.54, 1.807) is 0 Å². The molecule has 3 N–H and O–H groups in total. The molecule has 3 aliphatic heterocycles. The number of hydrogen-bond donors (Lipinski definition) is 2. The molecular formula is C19H27FN6. The summed E-state index contributed by atoms with van der Waals surface area (Å²) in [4.78, 5) is 6.72. The van der Waals surface area contributed by atoms with Crippen LogP contribution in [0.2, 0.25) is 0 Å². The Bertz CT molecular complexity index is 743. The second kappa shape index (κ2) is 6.87. The van der Waals surface area contributed by atoms with Crippen molar-refractivity contribution < 1.29 is 4.39 Å². The summed E-state index contributed by atoms with van der Waals surface area (Å²) in [7, 11) is 0. The zero-order valence-electron chi connectivity index (χ0n) is 15.2. The Morgan fingerprint density at radius 1 is 1.46 bits per heavy atom. The molecule has 1 saturated heterocycles. The fourth-order valence-corrected chi connectivity index (χ4v) is 4.06. The van der Waals surface area contributed by atoms with Gasteiger partial charge in [-0.3, -0.25) is 9.67 Å². The van der Waals surface area contributed by atoms with Crippen LogP contribution in [0, 0.1) is 5.92 Å². The smallest absolute Gasteiger partial charge is 0.141 e. The van der Waals surface area contributed by atoms with Crippen molar-refractivity contribution >= 4 is 5.84 Å². The van der Waals surface area contributed by atoms with E-state index in [9.17, 15) is 0 Å². The van der Waals surface area contributed by atoms with Crippen LogP contribution in [0.3, 0.4) is 0 Å². The molecule has 0 radical (unpaired) electrons. The molecule has 2 unspecified atom stereocenters. The van der Waals surface area contributed by atoms with E-state index < -0.39 is 5.67 Å². The highest BCUT2D eigenvalue weighted by atomic mass is 19.1. The summed E-state index contributed by atoms with van der Waals surface area (Å²) in [5.74, 6) is 0.665. The van der Waals surface area contributed by atoms with Crippen LogP contribution >= 0.6 is 0 Å². The third-order valence-corrected chi connectivity index (χ3v) is 5.51. The summed E-state index contributed by atoms with van der Waals surface area (Å²) < 4.78 is 17.1. The monoisotopic (exact) mass is 358 g/mol. The molecule has 0 aliphatic carbocycles. The van der Waals surface area contributed by atoms with Gasteiger partial charge in [0.2, 0.25) is 0 Å². The average molecular weight is 358 g/mol. The molecule has 1 aromatic heterocycles. The number of allylic oxidation sites excluding steroid dienone is 1. The van der Waals surface area contributed by atoms with Crippen LogP contribution < -0.4 is 11.1 Å². The Morgan fingerprint density at radius 3 is 3.08 bits per heavy atom. The SMILES string of the molecule is CCn1cc(C2C=C3C(CC=CN3C[C@]3(F)CCCNC3)C(N)=N2)cn1. The Kier molecular flexibility index (Phi) is 4.56. The summed E-state index contributed by atoms with van der Waals surface area (Å²) in [6, 6.07) is -0.157. The van der Waals surface area contributed by atoms with E-state index >= 15 is 4.39 Å². The first-order chi connectivity index (χ1) is 12.6. The number of nitrogens with zero attached hydrogens (tertiary/aromatic N) is 4. The van der Waals surface area contributed by atoms with Crippen LogP contribution in [0.1, 0.15) is 37.8 Å². The van der Waals surface area contributed by atoms with Crippen molar-refractivity contribution in [1.29, 1.82) is 0 Å². The Hall–Kier alpha value is -2.15. The minimum atomic E-state index is -1.21. The summed E-state index contributed by atoms with van der Waals surface area (Å²) in [5, 5.41) is 7.53. The van der Waals surface area contributed by atoms with Crippen LogP contribution in [-0.4, -0.2) is 45.8 Å². The van der Waals surface area contributed by atoms with Gasteiger partial charge in [0.1, 0.15) is 17.5 Å². The summed E-state index contributed by atoms with van der Waals surface area (Å²) in [5.41, 5.74) is 7.17. The first-order valence-electron chi connectivity index (χ1n) is 9.48. The zero-order chi connectivity index (χ0) is 18.1. The molecule has 0 bridgehead atoms. The average Bonchev–Trinajstić information content (AvgIpc) is 3.12. The molecule has 3 atom stereocenters. The first-order valence-corrected chi connectivity index (χ1v) is 9.48. The topological polar surface area (TPSA) is 71.5 Å². The predicted octanol–water partition coefficient (Wildman–Crippen LogP) is 2.13. The summed E-state index contributed by atoms with van der Waals surface area (Å²) >= 11 is 0. The van der Waals surface area contributed by atoms with Crippen molar-refractivity contribution in [1.82, 2.24) is 20.0 Å². The Morgan fingerprint density at radius 2 is 2.35 bits per heavy atom. The van der Waals surface area contributed by atoms with Crippen LogP contribution in [0.4, 0.5) is 4.39 Å². The number of dihydropyridines is 1. The third kappa shape index (κ3) is 3.28. The van der Waals surface area contributed by atoms with E-state index in [0.717, 1.165) is 37.2 Å². The van der Waals surface area contributed by atoms with Crippen LogP contribution in [-0.2, 0) is 6.54 Å². The van der Waals surface area contributed by atoms with Gasteiger partial charge in [-0.05, 0) is 45.0 Å². The molecule has 0 aromatic carbocycles. The van der Waals surface area contributed by atoms with E-state index in [1.807, 2.05) is 28.2 Å². The maximum Gasteiger partial charge on any atom is 0.141 e. The van der Waals surface area contributed by atoms with E-state index in [4.69, 9.17) is 5.73 Å². The second-order valence-corrected chi connectivity index (χ2v) is 7.45. The lowest BCUT2D eigenvalue weighted by Gasteiger charge is -2.40. The van der Waals surface area contributed by atoms with Crippen molar-refractivity contribution in [2.24, 2.45) is 16.6 Å². The lowest BCUT2D eigenvalue weighted by Crippen LogP contribution is -2.50. The molecular weight excluding hydrogens is 331 g/mol. The van der Waals surface area contributed by atoms with E-state index in [-0.39, 0.29) is 12.0 Å². The van der Waals surface area contributed by atoms with Crippen molar-refractivity contribution in [3.8, 4) is 0 Å². The number of aryl methyl sites for hydroxylation is 1. The van der Waals surface area contributed by atoms with Gasteiger partial charge < -0.3 is 16.0 Å². The van der Waals surface area contributed by atoms with Crippen LogP contribution in [0.15, 0.2) is 41.4 Å². The van der Waals surface area contributed by atoms with E-state index in [2.05, 4.69) is 34.5 Å². The number of amidine groups is 1. The van der Waals surface area contributed by atoms with Crippen molar-refractivity contribution in [3.05, 3.63) is 42.0 Å². The summed E-state index contributed by atoms with van der Waals surface area (Å²) in [6.07, 6.45) is 12.3. The normalized spacial score (nSPS) is 31.4. The van der Waals surface area contributed by atoms with Gasteiger partial charge in [-0.1, -0.05) is 6.08 Å². The number of hydrogen-bond acceptors (Lipinski definition) is 5. The zero-order valence-corrected chi connectivity index (χ0v) is 15.2. The number of aliphatic imine (C=N–C) groups is 1. The van der Waals surface area contributed by atoms with Crippen LogP contribution in [0.25, 0.3) is 0 Å². The Balaban J connectivity index is 1.60. The molecule has 26 heavy (non-hydrogen) atoms. The number of halogens is 1. The molecule has 1 aromatic rings. The predicted molar refractivity (Wildman–Crippen MR) is 100 cm³/mol. The number of rotatable bonds is 4. The minimum Gasteiger partial charge on any atom is -0.387 e. The number of piperidine rings is 1. The molecule has 0 saturated carbocycles. The minimum absolute atomic E-state index is 0.0395. The number of aromatic nitrogens is 2.